The molecule has 1 aromatic carbocycles. The number of nitrogens with zero attached hydrogens (tertiary/aromatic N) is 1. The first kappa shape index (κ1) is 13.9. The van der Waals surface area contributed by atoms with Crippen molar-refractivity contribution in [3.8, 4) is 5.75 Å². The molecule has 0 saturated carbocycles. The van der Waals surface area contributed by atoms with Gasteiger partial charge in [0.1, 0.15) is 5.75 Å². The normalized spacial score (nSPS) is 14.7. The molecule has 104 valence electrons. The van der Waals surface area contributed by atoms with Crippen LogP contribution in [0, 0.1) is 5.92 Å². The Labute approximate surface area is 114 Å². The minimum absolute atomic E-state index is 0.0810. The molecule has 4 heteroatoms. The molecule has 1 heterocycles. The summed E-state index contributed by atoms with van der Waals surface area (Å²) in [6.07, 6.45) is 0.891. The number of hydrogen-bond acceptors (Lipinski definition) is 3. The van der Waals surface area contributed by atoms with E-state index in [1.54, 1.807) is 0 Å². The average Bonchev–Trinajstić information content (AvgIpc) is 2.90. The van der Waals surface area contributed by atoms with Crippen molar-refractivity contribution in [2.45, 2.75) is 20.3 Å². The summed E-state index contributed by atoms with van der Waals surface area (Å²) >= 11 is 0. The molecular weight excluding hydrogens is 240 g/mol. The minimum atomic E-state index is 0.0810. The second-order valence-electron chi connectivity index (χ2n) is 5.11. The van der Waals surface area contributed by atoms with Crippen molar-refractivity contribution < 1.29 is 9.53 Å². The molecule has 2 N–H and O–H groups in total. The summed E-state index contributed by atoms with van der Waals surface area (Å²) in [5.41, 5.74) is 7.51. The first-order valence-electron chi connectivity index (χ1n) is 6.90. The fourth-order valence-corrected chi connectivity index (χ4v) is 2.31. The molecule has 0 saturated heterocycles. The van der Waals surface area contributed by atoms with Crippen molar-refractivity contribution in [3.63, 3.8) is 0 Å². The van der Waals surface area contributed by atoms with E-state index in [1.807, 2.05) is 30.0 Å². The van der Waals surface area contributed by atoms with Crippen LogP contribution >= 0.6 is 0 Å². The number of hydrogen-bond donors (Lipinski definition) is 1. The Morgan fingerprint density at radius 1 is 1.53 bits per heavy atom. The van der Waals surface area contributed by atoms with Crippen LogP contribution in [0.15, 0.2) is 18.2 Å². The molecule has 0 radical (unpaired) electrons. The zero-order valence-corrected chi connectivity index (χ0v) is 11.7. The first-order valence-corrected chi connectivity index (χ1v) is 6.90. The zero-order valence-electron chi connectivity index (χ0n) is 11.7. The molecular formula is C15H22N2O2. The third-order valence-electron chi connectivity index (χ3n) is 3.54. The van der Waals surface area contributed by atoms with Crippen LogP contribution < -0.4 is 10.5 Å². The summed E-state index contributed by atoms with van der Waals surface area (Å²) in [4.78, 5) is 14.3. The molecule has 1 amide bonds. The number of fused-ring (bicyclic) bond motifs is 1. The molecule has 2 rings (SSSR count). The van der Waals surface area contributed by atoms with E-state index in [9.17, 15) is 4.79 Å². The maximum absolute atomic E-state index is 12.5. The monoisotopic (exact) mass is 262 g/mol. The number of amides is 1. The van der Waals surface area contributed by atoms with Crippen LogP contribution in [0.1, 0.15) is 29.8 Å². The van der Waals surface area contributed by atoms with Gasteiger partial charge in [-0.2, -0.15) is 0 Å². The Balaban J connectivity index is 2.13. The summed E-state index contributed by atoms with van der Waals surface area (Å²) in [6, 6.07) is 5.71. The van der Waals surface area contributed by atoms with Gasteiger partial charge < -0.3 is 15.4 Å². The van der Waals surface area contributed by atoms with Gasteiger partial charge in [0.05, 0.1) is 6.61 Å². The molecule has 19 heavy (non-hydrogen) atoms. The Morgan fingerprint density at radius 2 is 2.32 bits per heavy atom. The lowest BCUT2D eigenvalue weighted by Gasteiger charge is -2.24. The summed E-state index contributed by atoms with van der Waals surface area (Å²) < 4.78 is 5.46. The van der Waals surface area contributed by atoms with E-state index in [1.165, 1.54) is 0 Å². The standard InChI is InChI=1S/C15H22N2O2/c1-3-17(10-11(2)9-16)15(18)13-4-5-14-12(8-13)6-7-19-14/h4-5,8,11H,3,6-7,9-10,16H2,1-2H3. The van der Waals surface area contributed by atoms with Gasteiger partial charge in [-0.25, -0.2) is 0 Å². The van der Waals surface area contributed by atoms with E-state index in [0.29, 0.717) is 32.2 Å². The molecule has 0 spiro atoms. The highest BCUT2D eigenvalue weighted by Gasteiger charge is 2.19. The number of carbonyl (C=O) groups is 1. The molecule has 1 aliphatic heterocycles. The molecule has 0 aliphatic carbocycles. The summed E-state index contributed by atoms with van der Waals surface area (Å²) in [5.74, 6) is 1.31. The van der Waals surface area contributed by atoms with Crippen LogP contribution in [0.2, 0.25) is 0 Å². The van der Waals surface area contributed by atoms with Crippen molar-refractivity contribution in [1.82, 2.24) is 4.90 Å². The van der Waals surface area contributed by atoms with Crippen molar-refractivity contribution in [2.24, 2.45) is 11.7 Å². The van der Waals surface area contributed by atoms with E-state index in [-0.39, 0.29) is 5.91 Å². The lowest BCUT2D eigenvalue weighted by Crippen LogP contribution is -2.36. The maximum Gasteiger partial charge on any atom is 0.253 e. The predicted molar refractivity (Wildman–Crippen MR) is 75.4 cm³/mol. The van der Waals surface area contributed by atoms with E-state index < -0.39 is 0 Å². The van der Waals surface area contributed by atoms with Gasteiger partial charge in [-0.3, -0.25) is 4.79 Å². The highest BCUT2D eigenvalue weighted by Crippen LogP contribution is 2.26. The van der Waals surface area contributed by atoms with E-state index in [2.05, 4.69) is 6.92 Å². The van der Waals surface area contributed by atoms with Crippen molar-refractivity contribution in [2.75, 3.05) is 26.2 Å². The quantitative estimate of drug-likeness (QED) is 0.878. The van der Waals surface area contributed by atoms with E-state index in [0.717, 1.165) is 23.3 Å². The molecule has 0 bridgehead atoms. The molecule has 1 aromatic rings. The molecule has 0 fully saturated rings. The highest BCUT2D eigenvalue weighted by molar-refractivity contribution is 5.94. The second kappa shape index (κ2) is 6.06. The fraction of sp³-hybridized carbons (Fsp3) is 0.533. The third kappa shape index (κ3) is 3.07. The molecule has 1 atom stereocenters. The van der Waals surface area contributed by atoms with Crippen molar-refractivity contribution in [3.05, 3.63) is 29.3 Å². The lowest BCUT2D eigenvalue weighted by atomic mass is 10.1. The first-order chi connectivity index (χ1) is 9.15. The van der Waals surface area contributed by atoms with Gasteiger partial charge >= 0.3 is 0 Å². The predicted octanol–water partition coefficient (Wildman–Crippen LogP) is 1.68. The van der Waals surface area contributed by atoms with Gasteiger partial charge in [-0.15, -0.1) is 0 Å². The second-order valence-corrected chi connectivity index (χ2v) is 5.11. The van der Waals surface area contributed by atoms with Gasteiger partial charge in [0, 0.05) is 25.1 Å². The largest absolute Gasteiger partial charge is 0.493 e. The van der Waals surface area contributed by atoms with Crippen LogP contribution in [-0.2, 0) is 6.42 Å². The summed E-state index contributed by atoms with van der Waals surface area (Å²) in [7, 11) is 0. The average molecular weight is 262 g/mol. The number of carbonyl (C=O) groups excluding carboxylic acids is 1. The van der Waals surface area contributed by atoms with E-state index in [4.69, 9.17) is 10.5 Å². The molecule has 0 aromatic heterocycles. The van der Waals surface area contributed by atoms with Gasteiger partial charge in [0.2, 0.25) is 0 Å². The summed E-state index contributed by atoms with van der Waals surface area (Å²) in [6.45, 7) is 6.79. The molecule has 4 nitrogen and oxygen atoms in total. The lowest BCUT2D eigenvalue weighted by molar-refractivity contribution is 0.0743. The van der Waals surface area contributed by atoms with Crippen LogP contribution in [0.5, 0.6) is 5.75 Å². The smallest absolute Gasteiger partial charge is 0.253 e. The molecule has 1 unspecified atom stereocenters. The number of ether oxygens (including phenoxy) is 1. The Morgan fingerprint density at radius 3 is 3.00 bits per heavy atom. The number of nitrogens with two attached hydrogens (primary N) is 1. The fourth-order valence-electron chi connectivity index (χ4n) is 2.31. The minimum Gasteiger partial charge on any atom is -0.493 e. The van der Waals surface area contributed by atoms with Crippen LogP contribution in [-0.4, -0.2) is 37.0 Å². The van der Waals surface area contributed by atoms with Gasteiger partial charge in [-0.05, 0) is 43.1 Å². The summed E-state index contributed by atoms with van der Waals surface area (Å²) in [5, 5.41) is 0. The SMILES string of the molecule is CCN(CC(C)CN)C(=O)c1ccc2c(c1)CCO2. The molecule has 1 aliphatic rings. The number of benzene rings is 1. The van der Waals surface area contributed by atoms with Gasteiger partial charge in [0.25, 0.3) is 5.91 Å². The zero-order chi connectivity index (χ0) is 13.8. The Hall–Kier alpha value is -1.55. The van der Waals surface area contributed by atoms with Crippen LogP contribution in [0.4, 0.5) is 0 Å². The third-order valence-corrected chi connectivity index (χ3v) is 3.54. The highest BCUT2D eigenvalue weighted by atomic mass is 16.5. The topological polar surface area (TPSA) is 55.6 Å². The van der Waals surface area contributed by atoms with Gasteiger partial charge in [-0.1, -0.05) is 6.92 Å². The maximum atomic E-state index is 12.5. The Bertz CT molecular complexity index is 459. The number of rotatable bonds is 5. The van der Waals surface area contributed by atoms with Crippen molar-refractivity contribution in [1.29, 1.82) is 0 Å². The van der Waals surface area contributed by atoms with E-state index >= 15 is 0 Å². The Kier molecular flexibility index (Phi) is 4.43. The van der Waals surface area contributed by atoms with Gasteiger partial charge in [0.15, 0.2) is 0 Å². The van der Waals surface area contributed by atoms with Crippen LogP contribution in [0.25, 0.3) is 0 Å². The van der Waals surface area contributed by atoms with Crippen molar-refractivity contribution >= 4 is 5.91 Å². The van der Waals surface area contributed by atoms with Crippen LogP contribution in [0.3, 0.4) is 0 Å².